The number of methoxy groups -OCH3 is 1. The zero-order valence-corrected chi connectivity index (χ0v) is 8.00. The maximum atomic E-state index is 5.16. The van der Waals surface area contributed by atoms with Crippen molar-refractivity contribution < 1.29 is 4.74 Å². The van der Waals surface area contributed by atoms with E-state index < -0.39 is 0 Å². The van der Waals surface area contributed by atoms with Gasteiger partial charge in [-0.3, -0.25) is 4.99 Å². The van der Waals surface area contributed by atoms with Gasteiger partial charge >= 0.3 is 0 Å². The molecular weight excluding hydrogens is 162 g/mol. The Morgan fingerprint density at radius 3 is 2.92 bits per heavy atom. The van der Waals surface area contributed by atoms with Gasteiger partial charge in [-0.05, 0) is 30.2 Å². The van der Waals surface area contributed by atoms with Crippen LogP contribution in [0.15, 0.2) is 23.2 Å². The van der Waals surface area contributed by atoms with Crippen LogP contribution in [-0.2, 0) is 13.0 Å². The number of hydrogen-bond acceptors (Lipinski definition) is 2. The maximum Gasteiger partial charge on any atom is 0.119 e. The molecule has 0 saturated heterocycles. The Morgan fingerprint density at radius 2 is 2.15 bits per heavy atom. The second-order valence-corrected chi connectivity index (χ2v) is 3.36. The van der Waals surface area contributed by atoms with Gasteiger partial charge in [0.2, 0.25) is 0 Å². The highest BCUT2D eigenvalue weighted by atomic mass is 16.5. The molecule has 0 radical (unpaired) electrons. The van der Waals surface area contributed by atoms with Crippen molar-refractivity contribution in [1.29, 1.82) is 0 Å². The summed E-state index contributed by atoms with van der Waals surface area (Å²) in [5.41, 5.74) is 3.90. The smallest absolute Gasteiger partial charge is 0.119 e. The first kappa shape index (κ1) is 8.30. The molecule has 0 fully saturated rings. The lowest BCUT2D eigenvalue weighted by atomic mass is 9.99. The van der Waals surface area contributed by atoms with E-state index in [1.54, 1.807) is 7.11 Å². The number of rotatable bonds is 1. The van der Waals surface area contributed by atoms with Crippen molar-refractivity contribution in [1.82, 2.24) is 0 Å². The molecule has 68 valence electrons. The SMILES string of the molecule is COc1ccc2c(c1)CN=C(C)C2. The second kappa shape index (κ2) is 3.21. The van der Waals surface area contributed by atoms with E-state index in [1.807, 2.05) is 6.07 Å². The summed E-state index contributed by atoms with van der Waals surface area (Å²) in [7, 11) is 1.69. The van der Waals surface area contributed by atoms with Crippen LogP contribution in [0, 0.1) is 0 Å². The molecule has 0 spiro atoms. The van der Waals surface area contributed by atoms with Crippen LogP contribution in [0.2, 0.25) is 0 Å². The summed E-state index contributed by atoms with van der Waals surface area (Å²) in [4.78, 5) is 4.41. The van der Waals surface area contributed by atoms with Gasteiger partial charge in [-0.25, -0.2) is 0 Å². The molecule has 0 saturated carbocycles. The highest BCUT2D eigenvalue weighted by Crippen LogP contribution is 2.22. The van der Waals surface area contributed by atoms with E-state index in [2.05, 4.69) is 24.0 Å². The van der Waals surface area contributed by atoms with E-state index >= 15 is 0 Å². The Labute approximate surface area is 78.3 Å². The average Bonchev–Trinajstić information content (AvgIpc) is 2.17. The lowest BCUT2D eigenvalue weighted by molar-refractivity contribution is 0.414. The molecule has 0 atom stereocenters. The van der Waals surface area contributed by atoms with Crippen molar-refractivity contribution in [3.05, 3.63) is 29.3 Å². The molecule has 0 aliphatic carbocycles. The molecule has 1 aromatic carbocycles. The summed E-state index contributed by atoms with van der Waals surface area (Å²) in [6, 6.07) is 6.22. The van der Waals surface area contributed by atoms with Gasteiger partial charge < -0.3 is 4.74 Å². The van der Waals surface area contributed by atoms with E-state index in [1.165, 1.54) is 16.8 Å². The molecule has 2 heteroatoms. The lowest BCUT2D eigenvalue weighted by Gasteiger charge is -2.14. The molecule has 1 aliphatic heterocycles. The number of fused-ring (bicyclic) bond motifs is 1. The summed E-state index contributed by atoms with van der Waals surface area (Å²) >= 11 is 0. The molecule has 0 bridgehead atoms. The van der Waals surface area contributed by atoms with Crippen molar-refractivity contribution in [2.45, 2.75) is 19.9 Å². The molecular formula is C11H13NO. The minimum absolute atomic E-state index is 0.804. The van der Waals surface area contributed by atoms with Crippen molar-refractivity contribution in [2.24, 2.45) is 4.99 Å². The van der Waals surface area contributed by atoms with E-state index in [0.29, 0.717) is 0 Å². The standard InChI is InChI=1S/C11H13NO/c1-8-5-9-3-4-11(13-2)6-10(9)7-12-8/h3-4,6H,5,7H2,1-2H3. The Bertz CT molecular complexity index is 355. The van der Waals surface area contributed by atoms with Crippen molar-refractivity contribution in [2.75, 3.05) is 7.11 Å². The van der Waals surface area contributed by atoms with E-state index in [4.69, 9.17) is 4.74 Å². The zero-order chi connectivity index (χ0) is 9.26. The van der Waals surface area contributed by atoms with Gasteiger partial charge in [-0.15, -0.1) is 0 Å². The Balaban J connectivity index is 2.36. The van der Waals surface area contributed by atoms with Gasteiger partial charge in [-0.1, -0.05) is 6.07 Å². The molecule has 0 amide bonds. The predicted molar refractivity (Wildman–Crippen MR) is 53.5 cm³/mol. The summed E-state index contributed by atoms with van der Waals surface area (Å²) in [5, 5.41) is 0. The maximum absolute atomic E-state index is 5.16. The number of hydrogen-bond donors (Lipinski definition) is 0. The van der Waals surface area contributed by atoms with Crippen LogP contribution in [0.25, 0.3) is 0 Å². The summed E-state index contributed by atoms with van der Waals surface area (Å²) in [6.45, 7) is 2.88. The average molecular weight is 175 g/mol. The minimum Gasteiger partial charge on any atom is -0.497 e. The van der Waals surface area contributed by atoms with E-state index in [9.17, 15) is 0 Å². The van der Waals surface area contributed by atoms with Gasteiger partial charge in [0.05, 0.1) is 13.7 Å². The quantitative estimate of drug-likeness (QED) is 0.641. The summed E-state index contributed by atoms with van der Waals surface area (Å²) in [5.74, 6) is 0.925. The molecule has 1 aliphatic rings. The van der Waals surface area contributed by atoms with Crippen LogP contribution >= 0.6 is 0 Å². The highest BCUT2D eigenvalue weighted by molar-refractivity contribution is 5.85. The molecule has 0 unspecified atom stereocenters. The molecule has 0 aromatic heterocycles. The normalized spacial score (nSPS) is 14.8. The monoisotopic (exact) mass is 175 g/mol. The van der Waals surface area contributed by atoms with Gasteiger partial charge in [0, 0.05) is 12.1 Å². The molecule has 2 nitrogen and oxygen atoms in total. The fraction of sp³-hybridized carbons (Fsp3) is 0.364. The third kappa shape index (κ3) is 1.57. The first-order chi connectivity index (χ1) is 6.29. The van der Waals surface area contributed by atoms with Gasteiger partial charge in [0.1, 0.15) is 5.75 Å². The highest BCUT2D eigenvalue weighted by Gasteiger charge is 2.09. The fourth-order valence-electron chi connectivity index (χ4n) is 1.60. The number of ether oxygens (including phenoxy) is 1. The van der Waals surface area contributed by atoms with Crippen molar-refractivity contribution >= 4 is 5.71 Å². The van der Waals surface area contributed by atoms with Crippen LogP contribution in [0.3, 0.4) is 0 Å². The molecule has 0 N–H and O–H groups in total. The zero-order valence-electron chi connectivity index (χ0n) is 8.00. The van der Waals surface area contributed by atoms with Gasteiger partial charge in [0.25, 0.3) is 0 Å². The Morgan fingerprint density at radius 1 is 1.31 bits per heavy atom. The van der Waals surface area contributed by atoms with E-state index in [-0.39, 0.29) is 0 Å². The predicted octanol–water partition coefficient (Wildman–Crippen LogP) is 2.21. The summed E-state index contributed by atoms with van der Waals surface area (Å²) in [6.07, 6.45) is 0.985. The lowest BCUT2D eigenvalue weighted by Crippen LogP contribution is -2.07. The molecule has 1 heterocycles. The van der Waals surface area contributed by atoms with Gasteiger partial charge in [-0.2, -0.15) is 0 Å². The first-order valence-electron chi connectivity index (χ1n) is 4.45. The van der Waals surface area contributed by atoms with Crippen molar-refractivity contribution in [3.8, 4) is 5.75 Å². The van der Waals surface area contributed by atoms with Crippen LogP contribution in [0.4, 0.5) is 0 Å². The fourth-order valence-corrected chi connectivity index (χ4v) is 1.60. The third-order valence-corrected chi connectivity index (χ3v) is 2.38. The Kier molecular flexibility index (Phi) is 2.05. The minimum atomic E-state index is 0.804. The largest absolute Gasteiger partial charge is 0.497 e. The number of nitrogens with zero attached hydrogens (tertiary/aromatic N) is 1. The molecule has 1 aromatic rings. The second-order valence-electron chi connectivity index (χ2n) is 3.36. The number of aliphatic imine (C=N–C) groups is 1. The van der Waals surface area contributed by atoms with Crippen LogP contribution in [0.1, 0.15) is 18.1 Å². The third-order valence-electron chi connectivity index (χ3n) is 2.38. The van der Waals surface area contributed by atoms with Gasteiger partial charge in [0.15, 0.2) is 0 Å². The van der Waals surface area contributed by atoms with Crippen LogP contribution in [-0.4, -0.2) is 12.8 Å². The van der Waals surface area contributed by atoms with Crippen LogP contribution < -0.4 is 4.74 Å². The van der Waals surface area contributed by atoms with Crippen molar-refractivity contribution in [3.63, 3.8) is 0 Å². The Hall–Kier alpha value is -1.31. The van der Waals surface area contributed by atoms with Crippen LogP contribution in [0.5, 0.6) is 5.75 Å². The van der Waals surface area contributed by atoms with E-state index in [0.717, 1.165) is 18.7 Å². The summed E-state index contributed by atoms with van der Waals surface area (Å²) < 4.78 is 5.16. The molecule has 2 rings (SSSR count). The number of benzene rings is 1. The first-order valence-corrected chi connectivity index (χ1v) is 4.45. The molecule has 13 heavy (non-hydrogen) atoms. The topological polar surface area (TPSA) is 21.6 Å².